The van der Waals surface area contributed by atoms with Crippen molar-refractivity contribution in [3.05, 3.63) is 53.8 Å². The molecule has 2 amide bonds. The predicted octanol–water partition coefficient (Wildman–Crippen LogP) is 5.20. The number of amides is 2. The van der Waals surface area contributed by atoms with Crippen molar-refractivity contribution in [2.45, 2.75) is 76.7 Å². The Morgan fingerprint density at radius 1 is 1.06 bits per heavy atom. The van der Waals surface area contributed by atoms with Crippen LogP contribution in [-0.2, 0) is 25.0 Å². The molecule has 14 heteroatoms. The molecular weight excluding hydrogens is 624 g/mol. The number of fused-ring (bicyclic) bond motifs is 7. The van der Waals surface area contributed by atoms with Gasteiger partial charge in [0.2, 0.25) is 11.8 Å². The topological polar surface area (TPSA) is 120 Å². The molecule has 2 bridgehead atoms. The number of carbonyl (C=O) groups is 3. The Morgan fingerprint density at radius 3 is 2.40 bits per heavy atom. The van der Waals surface area contributed by atoms with E-state index in [4.69, 9.17) is 14.2 Å². The fourth-order valence-electron chi connectivity index (χ4n) is 6.98. The van der Waals surface area contributed by atoms with Gasteiger partial charge in [0.05, 0.1) is 24.7 Å². The summed E-state index contributed by atoms with van der Waals surface area (Å²) in [5.74, 6) is -8.19. The van der Waals surface area contributed by atoms with Crippen molar-refractivity contribution in [1.82, 2.24) is 20.2 Å². The number of aromatic nitrogens is 2. The lowest BCUT2D eigenvalue weighted by molar-refractivity contribution is -0.152. The van der Waals surface area contributed by atoms with Crippen molar-refractivity contribution in [2.75, 3.05) is 13.7 Å². The van der Waals surface area contributed by atoms with E-state index in [9.17, 15) is 23.2 Å². The summed E-state index contributed by atoms with van der Waals surface area (Å²) in [6, 6.07) is -0.931. The molecule has 2 fully saturated rings. The fraction of sp³-hybridized carbons (Fsp3) is 0.545. The maximum absolute atomic E-state index is 15.9. The Labute approximate surface area is 268 Å². The van der Waals surface area contributed by atoms with Gasteiger partial charge >= 0.3 is 18.0 Å². The summed E-state index contributed by atoms with van der Waals surface area (Å²) in [6.07, 6.45) is 4.70. The molecule has 10 nitrogen and oxygen atoms in total. The number of carbonyl (C=O) groups excluding carboxylic acids is 3. The molecule has 1 saturated heterocycles. The third kappa shape index (κ3) is 6.26. The van der Waals surface area contributed by atoms with Gasteiger partial charge in [-0.25, -0.2) is 28.3 Å². The number of allylic oxidation sites excluding steroid dienone is 4. The van der Waals surface area contributed by atoms with Crippen molar-refractivity contribution in [3.63, 3.8) is 0 Å². The van der Waals surface area contributed by atoms with Crippen LogP contribution in [0.2, 0.25) is 0 Å². The first-order valence-corrected chi connectivity index (χ1v) is 15.6. The van der Waals surface area contributed by atoms with Gasteiger partial charge in [-0.3, -0.25) is 4.79 Å². The highest BCUT2D eigenvalue weighted by Crippen LogP contribution is 2.48. The second-order valence-corrected chi connectivity index (χ2v) is 13.7. The minimum Gasteiger partial charge on any atom is -0.471 e. The zero-order chi connectivity index (χ0) is 33.8. The van der Waals surface area contributed by atoms with Gasteiger partial charge < -0.3 is 24.4 Å². The van der Waals surface area contributed by atoms with Crippen molar-refractivity contribution in [2.24, 2.45) is 23.2 Å². The lowest BCUT2D eigenvalue weighted by Crippen LogP contribution is -2.57. The summed E-state index contributed by atoms with van der Waals surface area (Å²) in [7, 11) is 1.14. The van der Waals surface area contributed by atoms with E-state index >= 15 is 8.78 Å². The Balaban J connectivity index is 1.43. The molecule has 0 radical (unpaired) electrons. The third-order valence-corrected chi connectivity index (χ3v) is 9.47. The van der Waals surface area contributed by atoms with Crippen LogP contribution in [0.25, 0.3) is 11.0 Å². The van der Waals surface area contributed by atoms with Gasteiger partial charge in [-0.1, -0.05) is 39.0 Å². The highest BCUT2D eigenvalue weighted by molar-refractivity contribution is 5.91. The van der Waals surface area contributed by atoms with Gasteiger partial charge in [-0.05, 0) is 42.6 Å². The van der Waals surface area contributed by atoms with Crippen LogP contribution in [0.5, 0.6) is 5.88 Å². The number of esters is 1. The smallest absolute Gasteiger partial charge is 0.408 e. The molecule has 47 heavy (non-hydrogen) atoms. The average molecular weight is 661 g/mol. The lowest BCUT2D eigenvalue weighted by Gasteiger charge is -2.35. The average Bonchev–Trinajstić information content (AvgIpc) is 3.50. The van der Waals surface area contributed by atoms with Crippen LogP contribution in [0, 0.1) is 34.8 Å². The summed E-state index contributed by atoms with van der Waals surface area (Å²) in [5.41, 5.74) is -2.31. The van der Waals surface area contributed by atoms with E-state index in [1.807, 2.05) is 12.2 Å². The number of hydrogen-bond acceptors (Lipinski definition) is 8. The second-order valence-electron chi connectivity index (χ2n) is 13.7. The monoisotopic (exact) mass is 660 g/mol. The Kier molecular flexibility index (Phi) is 8.41. The number of rotatable bonds is 1. The summed E-state index contributed by atoms with van der Waals surface area (Å²) in [6.45, 7) is 4.97. The van der Waals surface area contributed by atoms with Crippen molar-refractivity contribution >= 4 is 29.0 Å². The lowest BCUT2D eigenvalue weighted by atomic mass is 9.79. The van der Waals surface area contributed by atoms with Crippen LogP contribution < -0.4 is 10.1 Å². The Bertz CT molecular complexity index is 1660. The van der Waals surface area contributed by atoms with Crippen LogP contribution in [0.1, 0.15) is 52.1 Å². The molecule has 1 N–H and O–H groups in total. The normalized spacial score (nSPS) is 30.6. The van der Waals surface area contributed by atoms with E-state index in [-0.39, 0.29) is 48.2 Å². The van der Waals surface area contributed by atoms with Crippen molar-refractivity contribution in [3.8, 4) is 5.88 Å². The molecule has 0 spiro atoms. The molecule has 7 unspecified atom stereocenters. The molecule has 1 aromatic heterocycles. The predicted molar refractivity (Wildman–Crippen MR) is 159 cm³/mol. The van der Waals surface area contributed by atoms with Gasteiger partial charge in [-0.15, -0.1) is 0 Å². The van der Waals surface area contributed by atoms with Gasteiger partial charge in [-0.2, -0.15) is 8.78 Å². The highest BCUT2D eigenvalue weighted by Gasteiger charge is 2.49. The SMILES string of the molecule is COC(=O)C1CC2CN1C(=O)C(C(C)(C)C)NC(=O)OC1CC3C=CC3C1CCC=CC(F)(F)c1nc3cc(F)c(F)cc3nc1O2. The molecule has 252 valence electrons. The first-order chi connectivity index (χ1) is 22.2. The number of halogens is 4. The number of nitrogens with one attached hydrogen (secondary N) is 1. The maximum atomic E-state index is 15.9. The summed E-state index contributed by atoms with van der Waals surface area (Å²) < 4.78 is 76.7. The van der Waals surface area contributed by atoms with Crippen LogP contribution in [-0.4, -0.2) is 70.8 Å². The number of alkyl carbamates (subject to hydrolysis) is 1. The first-order valence-electron chi connectivity index (χ1n) is 15.6. The number of ether oxygens (including phenoxy) is 3. The highest BCUT2D eigenvalue weighted by atomic mass is 19.3. The van der Waals surface area contributed by atoms with Gasteiger partial charge in [0, 0.05) is 24.5 Å². The zero-order valence-corrected chi connectivity index (χ0v) is 26.3. The summed E-state index contributed by atoms with van der Waals surface area (Å²) in [4.78, 5) is 49.5. The largest absolute Gasteiger partial charge is 0.471 e. The van der Waals surface area contributed by atoms with Crippen molar-refractivity contribution < 1.29 is 46.2 Å². The Morgan fingerprint density at radius 2 is 1.77 bits per heavy atom. The maximum Gasteiger partial charge on any atom is 0.408 e. The molecule has 3 heterocycles. The summed E-state index contributed by atoms with van der Waals surface area (Å²) in [5, 5.41) is 2.72. The Hall–Kier alpha value is -4.23. The van der Waals surface area contributed by atoms with Crippen LogP contribution in [0.15, 0.2) is 36.4 Å². The first kappa shape index (κ1) is 32.7. The number of alkyl halides is 2. The van der Waals surface area contributed by atoms with E-state index < -0.39 is 76.8 Å². The van der Waals surface area contributed by atoms with E-state index in [0.29, 0.717) is 25.0 Å². The van der Waals surface area contributed by atoms with Crippen LogP contribution in [0.4, 0.5) is 22.4 Å². The van der Waals surface area contributed by atoms with Gasteiger partial charge in [0.25, 0.3) is 0 Å². The molecule has 4 aliphatic rings. The zero-order valence-electron chi connectivity index (χ0n) is 26.3. The van der Waals surface area contributed by atoms with E-state index in [2.05, 4.69) is 15.3 Å². The van der Waals surface area contributed by atoms with Crippen LogP contribution >= 0.6 is 0 Å². The summed E-state index contributed by atoms with van der Waals surface area (Å²) >= 11 is 0. The minimum atomic E-state index is -3.76. The molecule has 6 rings (SSSR count). The van der Waals surface area contributed by atoms with Crippen molar-refractivity contribution in [1.29, 1.82) is 0 Å². The standard InChI is InChI=1S/C33H36F4N4O6/c1-32(2,3)27-29(42)41-15-17(12-24(41)30(43)45-4)46-28-26(38-22-13-20(34)21(35)14-23(22)39-28)33(36,37)10-6-5-7-19-18-9-8-16(18)11-25(19)47-31(44)40-27/h6,8-10,13-14,16-19,24-25,27H,5,7,11-12,15H2,1-4H3,(H,40,44). The third-order valence-electron chi connectivity index (χ3n) is 9.47. The molecule has 2 aliphatic heterocycles. The number of benzene rings is 1. The number of nitrogens with zero attached hydrogens (tertiary/aromatic N) is 3. The van der Waals surface area contributed by atoms with Gasteiger partial charge in [0.15, 0.2) is 17.3 Å². The molecule has 7 atom stereocenters. The number of methoxy groups -OCH3 is 1. The van der Waals surface area contributed by atoms with E-state index in [1.54, 1.807) is 20.8 Å². The van der Waals surface area contributed by atoms with Crippen LogP contribution in [0.3, 0.4) is 0 Å². The molecule has 2 aliphatic carbocycles. The molecule has 1 aromatic carbocycles. The fourth-order valence-corrected chi connectivity index (χ4v) is 6.98. The molecular formula is C33H36F4N4O6. The number of hydrogen-bond donors (Lipinski definition) is 1. The van der Waals surface area contributed by atoms with E-state index in [0.717, 1.165) is 13.2 Å². The quantitative estimate of drug-likeness (QED) is 0.252. The minimum absolute atomic E-state index is 0.122. The molecule has 1 saturated carbocycles. The second kappa shape index (κ2) is 12.1. The van der Waals surface area contributed by atoms with Gasteiger partial charge in [0.1, 0.15) is 24.3 Å². The van der Waals surface area contributed by atoms with E-state index in [1.165, 1.54) is 11.0 Å². The molecule has 2 aromatic rings.